The molecule has 0 saturated carbocycles. The monoisotopic (exact) mass is 131 g/mol. The van der Waals surface area contributed by atoms with E-state index in [1.807, 2.05) is 0 Å². The Labute approximate surface area is 52.6 Å². The van der Waals surface area contributed by atoms with Crippen LogP contribution in [0.1, 0.15) is 0 Å². The van der Waals surface area contributed by atoms with Crippen LogP contribution in [-0.4, -0.2) is 16.8 Å². The fourth-order valence-corrected chi connectivity index (χ4v) is 0.713. The molecule has 0 aliphatic carbocycles. The third-order valence-corrected chi connectivity index (χ3v) is 1.07. The smallest absolute Gasteiger partial charge is 0.0631 e. The zero-order valence-corrected chi connectivity index (χ0v) is 4.97. The molecule has 0 radical (unpaired) electrons. The summed E-state index contributed by atoms with van der Waals surface area (Å²) in [5, 5.41) is 10.3. The molecule has 3 heteroatoms. The minimum Gasteiger partial charge on any atom is -0.289 e. The van der Waals surface area contributed by atoms with Gasteiger partial charge < -0.3 is 0 Å². The van der Waals surface area contributed by atoms with Crippen LogP contribution in [0, 0.1) is 0 Å². The predicted octanol–water partition coefficient (Wildman–Crippen LogP) is 1.33. The van der Waals surface area contributed by atoms with Crippen molar-refractivity contribution in [2.24, 2.45) is 0 Å². The van der Waals surface area contributed by atoms with Gasteiger partial charge in [-0.1, -0.05) is 17.7 Å². The quantitative estimate of drug-likeness (QED) is 0.536. The van der Waals surface area contributed by atoms with Crippen LogP contribution in [0.25, 0.3) is 0 Å². The van der Waals surface area contributed by atoms with Crippen molar-refractivity contribution in [2.75, 3.05) is 6.54 Å². The van der Waals surface area contributed by atoms with Crippen molar-refractivity contribution < 1.29 is 5.21 Å². The number of hydrogen-bond acceptors (Lipinski definition) is 2. The van der Waals surface area contributed by atoms with Gasteiger partial charge in [0.2, 0.25) is 0 Å². The Morgan fingerprint density at radius 3 is 2.88 bits per heavy atom. The summed E-state index contributed by atoms with van der Waals surface area (Å²) in [6, 6.07) is 0. The molecule has 0 spiro atoms. The summed E-state index contributed by atoms with van der Waals surface area (Å²) in [4.78, 5) is 0. The third kappa shape index (κ3) is 1.25. The Morgan fingerprint density at radius 1 is 1.75 bits per heavy atom. The first-order chi connectivity index (χ1) is 3.79. The lowest BCUT2D eigenvalue weighted by atomic mass is 10.4. The molecule has 0 amide bonds. The molecular formula is C5H6ClNO. The Kier molecular flexibility index (Phi) is 1.56. The predicted molar refractivity (Wildman–Crippen MR) is 31.6 cm³/mol. The number of nitrogens with zero attached hydrogens (tertiary/aromatic N) is 1. The summed E-state index contributed by atoms with van der Waals surface area (Å²) in [6.07, 6.45) is 4.98. The van der Waals surface area contributed by atoms with Crippen molar-refractivity contribution in [1.29, 1.82) is 0 Å². The minimum atomic E-state index is 0.524. The summed E-state index contributed by atoms with van der Waals surface area (Å²) in [7, 11) is 0. The van der Waals surface area contributed by atoms with E-state index in [0.717, 1.165) is 5.06 Å². The maximum absolute atomic E-state index is 8.70. The molecular weight excluding hydrogens is 126 g/mol. The van der Waals surface area contributed by atoms with Crippen LogP contribution in [0.3, 0.4) is 0 Å². The lowest BCUT2D eigenvalue weighted by Crippen LogP contribution is -2.13. The largest absolute Gasteiger partial charge is 0.289 e. The standard InChI is InChI=1S/C5H6ClNO/c6-5-2-1-3-7(8)4-5/h1-2,4,8H,3H2. The van der Waals surface area contributed by atoms with Crippen LogP contribution < -0.4 is 0 Å². The molecule has 0 atom stereocenters. The number of halogens is 1. The van der Waals surface area contributed by atoms with Crippen LogP contribution in [0.15, 0.2) is 23.4 Å². The van der Waals surface area contributed by atoms with Gasteiger partial charge >= 0.3 is 0 Å². The topological polar surface area (TPSA) is 23.5 Å². The molecule has 0 bridgehead atoms. The van der Waals surface area contributed by atoms with Gasteiger partial charge in [-0.05, 0) is 6.08 Å². The number of rotatable bonds is 0. The van der Waals surface area contributed by atoms with Gasteiger partial charge in [-0.25, -0.2) is 0 Å². The summed E-state index contributed by atoms with van der Waals surface area (Å²) in [5.74, 6) is 0. The van der Waals surface area contributed by atoms with Crippen LogP contribution in [0.2, 0.25) is 0 Å². The normalized spacial score (nSPS) is 18.8. The van der Waals surface area contributed by atoms with E-state index < -0.39 is 0 Å². The molecule has 0 fully saturated rings. The molecule has 1 heterocycles. The molecule has 1 aliphatic rings. The number of hydrogen-bond donors (Lipinski definition) is 1. The zero-order valence-electron chi connectivity index (χ0n) is 4.21. The summed E-state index contributed by atoms with van der Waals surface area (Å²) >= 11 is 5.48. The minimum absolute atomic E-state index is 0.524. The van der Waals surface area contributed by atoms with Gasteiger partial charge in [-0.15, -0.1) is 0 Å². The second kappa shape index (κ2) is 2.20. The number of allylic oxidation sites excluding steroid dienone is 2. The Morgan fingerprint density at radius 2 is 2.50 bits per heavy atom. The average Bonchev–Trinajstić information content (AvgIpc) is 1.64. The molecule has 1 N–H and O–H groups in total. The Hall–Kier alpha value is -0.470. The summed E-state index contributed by atoms with van der Waals surface area (Å²) in [6.45, 7) is 0.524. The molecule has 0 unspecified atom stereocenters. The first kappa shape index (κ1) is 5.66. The Balaban J connectivity index is 2.63. The average molecular weight is 132 g/mol. The zero-order chi connectivity index (χ0) is 5.98. The molecule has 1 aliphatic heterocycles. The van der Waals surface area contributed by atoms with E-state index in [1.165, 1.54) is 6.20 Å². The molecule has 8 heavy (non-hydrogen) atoms. The highest BCUT2D eigenvalue weighted by molar-refractivity contribution is 6.31. The second-order valence-corrected chi connectivity index (χ2v) is 1.97. The van der Waals surface area contributed by atoms with Crippen LogP contribution in [0.5, 0.6) is 0 Å². The highest BCUT2D eigenvalue weighted by atomic mass is 35.5. The molecule has 0 aromatic heterocycles. The van der Waals surface area contributed by atoms with Gasteiger partial charge in [0.15, 0.2) is 0 Å². The van der Waals surface area contributed by atoms with E-state index >= 15 is 0 Å². The van der Waals surface area contributed by atoms with Crippen molar-refractivity contribution in [3.63, 3.8) is 0 Å². The maximum Gasteiger partial charge on any atom is 0.0631 e. The van der Waals surface area contributed by atoms with Crippen molar-refractivity contribution in [3.8, 4) is 0 Å². The van der Waals surface area contributed by atoms with E-state index in [2.05, 4.69) is 0 Å². The lowest BCUT2D eigenvalue weighted by Gasteiger charge is -2.11. The van der Waals surface area contributed by atoms with Crippen LogP contribution in [-0.2, 0) is 0 Å². The highest BCUT2D eigenvalue weighted by Gasteiger charge is 1.96. The second-order valence-electron chi connectivity index (χ2n) is 1.54. The van der Waals surface area contributed by atoms with E-state index in [0.29, 0.717) is 11.6 Å². The first-order valence-electron chi connectivity index (χ1n) is 2.28. The van der Waals surface area contributed by atoms with Crippen molar-refractivity contribution >= 4 is 11.6 Å². The first-order valence-corrected chi connectivity index (χ1v) is 2.66. The van der Waals surface area contributed by atoms with Gasteiger partial charge in [0.05, 0.1) is 11.6 Å². The van der Waals surface area contributed by atoms with Crippen molar-refractivity contribution in [2.45, 2.75) is 0 Å². The lowest BCUT2D eigenvalue weighted by molar-refractivity contribution is -0.0305. The molecule has 0 aromatic carbocycles. The van der Waals surface area contributed by atoms with E-state index in [9.17, 15) is 0 Å². The van der Waals surface area contributed by atoms with E-state index in [1.54, 1.807) is 12.2 Å². The van der Waals surface area contributed by atoms with Crippen LogP contribution >= 0.6 is 11.6 Å². The maximum atomic E-state index is 8.70. The fourth-order valence-electron chi connectivity index (χ4n) is 0.511. The molecule has 0 saturated heterocycles. The third-order valence-electron chi connectivity index (χ3n) is 0.842. The fraction of sp³-hybridized carbons (Fsp3) is 0.200. The van der Waals surface area contributed by atoms with Gasteiger partial charge in [0, 0.05) is 6.20 Å². The molecule has 44 valence electrons. The summed E-state index contributed by atoms with van der Waals surface area (Å²) in [5.41, 5.74) is 0. The van der Waals surface area contributed by atoms with E-state index in [4.69, 9.17) is 16.8 Å². The van der Waals surface area contributed by atoms with Gasteiger partial charge in [0.1, 0.15) is 0 Å². The van der Waals surface area contributed by atoms with Crippen molar-refractivity contribution in [1.82, 2.24) is 5.06 Å². The SMILES string of the molecule is ON1C=C(Cl)C=CC1. The van der Waals surface area contributed by atoms with Gasteiger partial charge in [-0.2, -0.15) is 0 Å². The molecule has 1 rings (SSSR count). The van der Waals surface area contributed by atoms with Gasteiger partial charge in [0.25, 0.3) is 0 Å². The van der Waals surface area contributed by atoms with Crippen molar-refractivity contribution in [3.05, 3.63) is 23.4 Å². The number of hydroxylamine groups is 2. The highest BCUT2D eigenvalue weighted by Crippen LogP contribution is 2.08. The summed E-state index contributed by atoms with van der Waals surface area (Å²) < 4.78 is 0. The molecule has 2 nitrogen and oxygen atoms in total. The Bertz CT molecular complexity index is 141. The molecule has 0 aromatic rings. The van der Waals surface area contributed by atoms with Crippen LogP contribution in [0.4, 0.5) is 0 Å². The van der Waals surface area contributed by atoms with Gasteiger partial charge in [-0.3, -0.25) is 10.3 Å². The van der Waals surface area contributed by atoms with E-state index in [-0.39, 0.29) is 0 Å².